The number of likely N-dealkylation sites (tertiary alicyclic amines) is 1. The van der Waals surface area contributed by atoms with Gasteiger partial charge in [0.2, 0.25) is 5.91 Å². The van der Waals surface area contributed by atoms with Crippen molar-refractivity contribution in [1.82, 2.24) is 15.1 Å². The molecule has 8 heteroatoms. The number of carboxylic acid groups (broad SMARTS) is 1. The van der Waals surface area contributed by atoms with Gasteiger partial charge in [-0.2, -0.15) is 0 Å². The van der Waals surface area contributed by atoms with Crippen LogP contribution in [0.1, 0.15) is 6.42 Å². The van der Waals surface area contributed by atoms with Gasteiger partial charge in [0.25, 0.3) is 0 Å². The Morgan fingerprint density at radius 1 is 1.50 bits per heavy atom. The van der Waals surface area contributed by atoms with Crippen molar-refractivity contribution in [3.8, 4) is 0 Å². The normalized spacial score (nSPS) is 27.7. The van der Waals surface area contributed by atoms with Gasteiger partial charge in [0, 0.05) is 19.3 Å². The lowest BCUT2D eigenvalue weighted by Gasteiger charge is -2.22. The van der Waals surface area contributed by atoms with Crippen molar-refractivity contribution in [1.29, 1.82) is 0 Å². The Kier molecular flexibility index (Phi) is 3.65. The molecule has 18 heavy (non-hydrogen) atoms. The number of carbonyl (C=O) groups is 3. The van der Waals surface area contributed by atoms with Gasteiger partial charge >= 0.3 is 12.0 Å². The summed E-state index contributed by atoms with van der Waals surface area (Å²) < 4.78 is 0. The van der Waals surface area contributed by atoms with Gasteiger partial charge < -0.3 is 20.2 Å². The highest BCUT2D eigenvalue weighted by atomic mass is 32.2. The van der Waals surface area contributed by atoms with Gasteiger partial charge in [-0.15, -0.1) is 11.8 Å². The summed E-state index contributed by atoms with van der Waals surface area (Å²) in [5.74, 6) is -0.395. The Bertz CT molecular complexity index is 389. The van der Waals surface area contributed by atoms with Crippen LogP contribution in [0.2, 0.25) is 0 Å². The molecule has 3 amide bonds. The fraction of sp³-hybridized carbons (Fsp3) is 0.700. The predicted molar refractivity (Wildman–Crippen MR) is 65.2 cm³/mol. The topological polar surface area (TPSA) is 90.0 Å². The first-order chi connectivity index (χ1) is 8.50. The molecular weight excluding hydrogens is 258 g/mol. The van der Waals surface area contributed by atoms with E-state index in [1.54, 1.807) is 11.9 Å². The molecule has 1 unspecified atom stereocenters. The second-order valence-corrected chi connectivity index (χ2v) is 5.37. The van der Waals surface area contributed by atoms with Gasteiger partial charge in [-0.25, -0.2) is 9.59 Å². The van der Waals surface area contributed by atoms with Crippen LogP contribution in [0.3, 0.4) is 0 Å². The van der Waals surface area contributed by atoms with Gasteiger partial charge in [-0.1, -0.05) is 0 Å². The molecule has 0 saturated carbocycles. The van der Waals surface area contributed by atoms with Crippen LogP contribution in [0.4, 0.5) is 4.79 Å². The zero-order valence-corrected chi connectivity index (χ0v) is 10.8. The highest BCUT2D eigenvalue weighted by Crippen LogP contribution is 2.21. The zero-order chi connectivity index (χ0) is 13.3. The molecule has 100 valence electrons. The summed E-state index contributed by atoms with van der Waals surface area (Å²) in [6.07, 6.45) is 0.569. The number of rotatable bonds is 2. The zero-order valence-electron chi connectivity index (χ0n) is 9.96. The molecule has 2 fully saturated rings. The van der Waals surface area contributed by atoms with Gasteiger partial charge in [0.05, 0.1) is 5.88 Å². The van der Waals surface area contributed by atoms with E-state index in [1.807, 2.05) is 0 Å². The Labute approximate surface area is 108 Å². The average Bonchev–Trinajstić information content (AvgIpc) is 2.91. The summed E-state index contributed by atoms with van der Waals surface area (Å²) in [6, 6.07) is -1.80. The van der Waals surface area contributed by atoms with Crippen molar-refractivity contribution in [2.75, 3.05) is 25.2 Å². The molecule has 2 saturated heterocycles. The number of hydrogen-bond donors (Lipinski definition) is 2. The smallest absolute Gasteiger partial charge is 0.327 e. The number of likely N-dealkylation sites (N-methyl/N-ethyl adjacent to an activating group) is 1. The molecule has 0 radical (unpaired) electrons. The van der Waals surface area contributed by atoms with Gasteiger partial charge in [-0.05, 0) is 6.42 Å². The number of amides is 3. The van der Waals surface area contributed by atoms with Crippen LogP contribution in [-0.4, -0.2) is 70.1 Å². The lowest BCUT2D eigenvalue weighted by atomic mass is 10.2. The van der Waals surface area contributed by atoms with Gasteiger partial charge in [0.1, 0.15) is 12.1 Å². The minimum atomic E-state index is -1.01. The Morgan fingerprint density at radius 3 is 2.78 bits per heavy atom. The van der Waals surface area contributed by atoms with Crippen molar-refractivity contribution < 1.29 is 19.5 Å². The summed E-state index contributed by atoms with van der Waals surface area (Å²) >= 11 is 1.40. The van der Waals surface area contributed by atoms with Crippen molar-refractivity contribution >= 4 is 29.7 Å². The monoisotopic (exact) mass is 273 g/mol. The van der Waals surface area contributed by atoms with Gasteiger partial charge in [-0.3, -0.25) is 4.79 Å². The number of nitrogens with one attached hydrogen (secondary N) is 1. The average molecular weight is 273 g/mol. The number of nitrogens with zero attached hydrogens (tertiary/aromatic N) is 2. The third-order valence-corrected chi connectivity index (χ3v) is 4.17. The SMILES string of the molecule is CN1CCC(NC(=O)N2CSC[C@H]2C(=O)O)C1=O. The van der Waals surface area contributed by atoms with Crippen LogP contribution in [0.15, 0.2) is 0 Å². The van der Waals surface area contributed by atoms with E-state index in [1.165, 1.54) is 16.7 Å². The Balaban J connectivity index is 1.96. The molecule has 7 nitrogen and oxygen atoms in total. The number of carbonyl (C=O) groups excluding carboxylic acids is 2. The van der Waals surface area contributed by atoms with Crippen molar-refractivity contribution in [3.63, 3.8) is 0 Å². The lowest BCUT2D eigenvalue weighted by molar-refractivity contribution is -0.140. The number of aliphatic carboxylic acids is 1. The summed E-state index contributed by atoms with van der Waals surface area (Å²) in [5.41, 5.74) is 0. The quantitative estimate of drug-likeness (QED) is 0.700. The molecule has 0 aliphatic carbocycles. The van der Waals surface area contributed by atoms with Crippen LogP contribution in [-0.2, 0) is 9.59 Å². The molecule has 2 N–H and O–H groups in total. The fourth-order valence-electron chi connectivity index (χ4n) is 2.04. The van der Waals surface area contributed by atoms with E-state index in [-0.39, 0.29) is 5.91 Å². The van der Waals surface area contributed by atoms with E-state index in [0.717, 1.165) is 0 Å². The fourth-order valence-corrected chi connectivity index (χ4v) is 3.18. The van der Waals surface area contributed by atoms with E-state index in [4.69, 9.17) is 5.11 Å². The van der Waals surface area contributed by atoms with E-state index < -0.39 is 24.1 Å². The number of carboxylic acids is 1. The molecule has 0 aromatic heterocycles. The molecule has 2 heterocycles. The van der Waals surface area contributed by atoms with E-state index >= 15 is 0 Å². The first kappa shape index (κ1) is 13.0. The maximum atomic E-state index is 11.9. The summed E-state index contributed by atoms with van der Waals surface area (Å²) in [6.45, 7) is 0.612. The molecule has 2 atom stereocenters. The first-order valence-corrected chi connectivity index (χ1v) is 6.79. The number of hydrogen-bond acceptors (Lipinski definition) is 4. The van der Waals surface area contributed by atoms with E-state index in [0.29, 0.717) is 24.6 Å². The lowest BCUT2D eigenvalue weighted by Crippen LogP contribution is -2.51. The van der Waals surface area contributed by atoms with Gasteiger partial charge in [0.15, 0.2) is 0 Å². The summed E-state index contributed by atoms with van der Waals surface area (Å²) in [5, 5.41) is 11.6. The summed E-state index contributed by atoms with van der Waals surface area (Å²) in [7, 11) is 1.68. The molecular formula is C10H15N3O4S. The highest BCUT2D eigenvalue weighted by molar-refractivity contribution is 7.99. The van der Waals surface area contributed by atoms with Crippen molar-refractivity contribution in [2.45, 2.75) is 18.5 Å². The van der Waals surface area contributed by atoms with Crippen LogP contribution >= 0.6 is 11.8 Å². The number of thioether (sulfide) groups is 1. The molecule has 2 rings (SSSR count). The van der Waals surface area contributed by atoms with E-state index in [9.17, 15) is 14.4 Å². The third kappa shape index (κ3) is 2.38. The van der Waals surface area contributed by atoms with Crippen LogP contribution in [0.25, 0.3) is 0 Å². The number of urea groups is 1. The molecule has 0 aromatic rings. The van der Waals surface area contributed by atoms with Crippen LogP contribution in [0, 0.1) is 0 Å². The maximum Gasteiger partial charge on any atom is 0.327 e. The molecule has 0 bridgehead atoms. The first-order valence-electron chi connectivity index (χ1n) is 5.63. The standard InChI is InChI=1S/C10H15N3O4S/c1-12-3-2-6(8(12)14)11-10(17)13-5-18-4-7(13)9(15)16/h6-7H,2-5H2,1H3,(H,11,17)(H,15,16)/t6?,7-/m0/s1. The Morgan fingerprint density at radius 2 is 2.22 bits per heavy atom. The van der Waals surface area contributed by atoms with E-state index in [2.05, 4.69) is 5.32 Å². The maximum absolute atomic E-state index is 11.9. The molecule has 0 spiro atoms. The second-order valence-electron chi connectivity index (χ2n) is 4.37. The molecule has 0 aromatic carbocycles. The van der Waals surface area contributed by atoms with Crippen molar-refractivity contribution in [2.24, 2.45) is 0 Å². The predicted octanol–water partition coefficient (Wildman–Crippen LogP) is -0.614. The minimum Gasteiger partial charge on any atom is -0.480 e. The van der Waals surface area contributed by atoms with Crippen molar-refractivity contribution in [3.05, 3.63) is 0 Å². The third-order valence-electron chi connectivity index (χ3n) is 3.15. The molecule has 2 aliphatic rings. The summed E-state index contributed by atoms with van der Waals surface area (Å²) in [4.78, 5) is 37.4. The highest BCUT2D eigenvalue weighted by Gasteiger charge is 2.37. The largest absolute Gasteiger partial charge is 0.480 e. The minimum absolute atomic E-state index is 0.123. The van der Waals surface area contributed by atoms with Crippen LogP contribution in [0.5, 0.6) is 0 Å². The Hall–Kier alpha value is -1.44. The molecule has 2 aliphatic heterocycles. The van der Waals surface area contributed by atoms with Crippen LogP contribution < -0.4 is 5.32 Å². The second kappa shape index (κ2) is 5.05.